The van der Waals surface area contributed by atoms with E-state index in [0.29, 0.717) is 12.6 Å². The van der Waals surface area contributed by atoms with Crippen molar-refractivity contribution < 1.29 is 4.65 Å². The Morgan fingerprint density at radius 1 is 1.29 bits per heavy atom. The van der Waals surface area contributed by atoms with Crippen LogP contribution in [0.4, 0.5) is 0 Å². The summed E-state index contributed by atoms with van der Waals surface area (Å²) in [6.45, 7) is 11.4. The number of benzene rings is 1. The topological polar surface area (TPSA) is 51.7 Å². The number of fused-ring (bicyclic) bond motifs is 1. The molecular formula is C20H31N3O. The van der Waals surface area contributed by atoms with Gasteiger partial charge in [0.1, 0.15) is 5.82 Å². The van der Waals surface area contributed by atoms with Gasteiger partial charge in [-0.1, -0.05) is 26.8 Å². The Labute approximate surface area is 145 Å². The Kier molecular flexibility index (Phi) is 4.47. The van der Waals surface area contributed by atoms with Gasteiger partial charge < -0.3 is 14.8 Å². The first kappa shape index (κ1) is 17.4. The van der Waals surface area contributed by atoms with Gasteiger partial charge in [-0.3, -0.25) is 0 Å². The summed E-state index contributed by atoms with van der Waals surface area (Å²) in [6, 6.07) is 6.85. The fourth-order valence-electron chi connectivity index (χ4n) is 3.61. The number of nitrogens with one attached hydrogen (secondary N) is 1. The van der Waals surface area contributed by atoms with Crippen molar-refractivity contribution in [3.63, 3.8) is 0 Å². The molecule has 1 aliphatic rings. The SMILES string of the molecule is CC(C)[N+]([O-])(CCc1nc2ccc(C(C)(C)C)cc2[nH]1)C1CCC1. The van der Waals surface area contributed by atoms with Crippen LogP contribution in [0, 0.1) is 5.21 Å². The summed E-state index contributed by atoms with van der Waals surface area (Å²) < 4.78 is -0.0652. The molecule has 0 aliphatic heterocycles. The number of hydroxylamine groups is 3. The third kappa shape index (κ3) is 3.22. The maximum Gasteiger partial charge on any atom is 0.112 e. The van der Waals surface area contributed by atoms with E-state index < -0.39 is 0 Å². The zero-order valence-corrected chi connectivity index (χ0v) is 15.7. The van der Waals surface area contributed by atoms with E-state index in [4.69, 9.17) is 4.98 Å². The van der Waals surface area contributed by atoms with Crippen LogP contribution in [0.5, 0.6) is 0 Å². The van der Waals surface area contributed by atoms with Crippen LogP contribution < -0.4 is 0 Å². The number of rotatable bonds is 5. The number of quaternary nitrogens is 1. The second-order valence-corrected chi connectivity index (χ2v) is 8.67. The molecule has 1 aliphatic carbocycles. The Bertz CT molecular complexity index is 709. The molecule has 1 atom stereocenters. The Morgan fingerprint density at radius 3 is 2.54 bits per heavy atom. The van der Waals surface area contributed by atoms with Crippen LogP contribution in [0.15, 0.2) is 18.2 Å². The fourth-order valence-corrected chi connectivity index (χ4v) is 3.61. The highest BCUT2D eigenvalue weighted by Gasteiger charge is 2.36. The smallest absolute Gasteiger partial charge is 0.112 e. The number of aromatic nitrogens is 2. The molecule has 1 aromatic carbocycles. The molecule has 1 fully saturated rings. The van der Waals surface area contributed by atoms with Gasteiger partial charge in [-0.05, 0) is 56.2 Å². The predicted octanol–water partition coefficient (Wildman–Crippen LogP) is 4.68. The zero-order valence-electron chi connectivity index (χ0n) is 15.7. The molecule has 132 valence electrons. The van der Waals surface area contributed by atoms with E-state index in [-0.39, 0.29) is 16.1 Å². The lowest BCUT2D eigenvalue weighted by Gasteiger charge is -2.55. The quantitative estimate of drug-likeness (QED) is 0.639. The highest BCUT2D eigenvalue weighted by atomic mass is 16.6. The summed E-state index contributed by atoms with van der Waals surface area (Å²) >= 11 is 0. The first-order chi connectivity index (χ1) is 11.2. The first-order valence-electron chi connectivity index (χ1n) is 9.28. The average molecular weight is 329 g/mol. The highest BCUT2D eigenvalue weighted by Crippen LogP contribution is 2.33. The second-order valence-electron chi connectivity index (χ2n) is 8.67. The van der Waals surface area contributed by atoms with Crippen molar-refractivity contribution in [3.05, 3.63) is 34.8 Å². The molecule has 3 rings (SSSR count). The molecule has 1 N–H and O–H groups in total. The van der Waals surface area contributed by atoms with Crippen LogP contribution in [0.2, 0.25) is 0 Å². The van der Waals surface area contributed by atoms with Crippen molar-refractivity contribution in [2.45, 2.75) is 77.8 Å². The molecule has 0 amide bonds. The summed E-state index contributed by atoms with van der Waals surface area (Å²) in [6.07, 6.45) is 4.09. The highest BCUT2D eigenvalue weighted by molar-refractivity contribution is 5.76. The van der Waals surface area contributed by atoms with E-state index >= 15 is 0 Å². The van der Waals surface area contributed by atoms with Crippen LogP contribution in [-0.2, 0) is 11.8 Å². The average Bonchev–Trinajstić information content (AvgIpc) is 2.84. The zero-order chi connectivity index (χ0) is 17.5. The minimum absolute atomic E-state index is 0.0652. The van der Waals surface area contributed by atoms with Crippen LogP contribution in [0.25, 0.3) is 11.0 Å². The van der Waals surface area contributed by atoms with Crippen molar-refractivity contribution in [1.29, 1.82) is 0 Å². The van der Waals surface area contributed by atoms with Crippen molar-refractivity contribution in [1.82, 2.24) is 9.97 Å². The first-order valence-corrected chi connectivity index (χ1v) is 9.28. The minimum Gasteiger partial charge on any atom is -0.632 e. The molecule has 0 bridgehead atoms. The van der Waals surface area contributed by atoms with E-state index in [9.17, 15) is 5.21 Å². The fraction of sp³-hybridized carbons (Fsp3) is 0.650. The Hall–Kier alpha value is -1.39. The summed E-state index contributed by atoms with van der Waals surface area (Å²) in [5.74, 6) is 0.939. The number of hydrogen-bond donors (Lipinski definition) is 1. The molecular weight excluding hydrogens is 298 g/mol. The van der Waals surface area contributed by atoms with Gasteiger partial charge in [0.05, 0.1) is 36.1 Å². The molecule has 1 unspecified atom stereocenters. The maximum atomic E-state index is 13.3. The molecule has 2 aromatic rings. The van der Waals surface area contributed by atoms with Gasteiger partial charge in [0.2, 0.25) is 0 Å². The monoisotopic (exact) mass is 329 g/mol. The Balaban J connectivity index is 1.77. The minimum atomic E-state index is -0.0652. The molecule has 1 heterocycles. The van der Waals surface area contributed by atoms with Gasteiger partial charge in [-0.25, -0.2) is 4.98 Å². The van der Waals surface area contributed by atoms with Gasteiger partial charge in [0, 0.05) is 0 Å². The molecule has 4 nitrogen and oxygen atoms in total. The Morgan fingerprint density at radius 2 is 2.00 bits per heavy atom. The normalized spacial score (nSPS) is 18.8. The van der Waals surface area contributed by atoms with Gasteiger partial charge >= 0.3 is 0 Å². The molecule has 1 aromatic heterocycles. The number of imidazole rings is 1. The third-order valence-electron chi connectivity index (χ3n) is 5.66. The number of aromatic amines is 1. The van der Waals surface area contributed by atoms with Crippen LogP contribution in [-0.4, -0.2) is 33.2 Å². The number of hydrogen-bond acceptors (Lipinski definition) is 2. The summed E-state index contributed by atoms with van der Waals surface area (Å²) in [7, 11) is 0. The maximum absolute atomic E-state index is 13.3. The molecule has 4 heteroatoms. The van der Waals surface area contributed by atoms with Crippen LogP contribution in [0.1, 0.15) is 65.3 Å². The van der Waals surface area contributed by atoms with Crippen LogP contribution in [0.3, 0.4) is 0 Å². The van der Waals surface area contributed by atoms with Gasteiger partial charge in [-0.2, -0.15) is 0 Å². The summed E-state index contributed by atoms with van der Waals surface area (Å²) in [4.78, 5) is 8.13. The predicted molar refractivity (Wildman–Crippen MR) is 99.8 cm³/mol. The van der Waals surface area contributed by atoms with Crippen molar-refractivity contribution in [2.24, 2.45) is 0 Å². The largest absolute Gasteiger partial charge is 0.632 e. The molecule has 24 heavy (non-hydrogen) atoms. The molecule has 0 radical (unpaired) electrons. The third-order valence-corrected chi connectivity index (χ3v) is 5.66. The van der Waals surface area contributed by atoms with Crippen molar-refractivity contribution in [2.75, 3.05) is 6.54 Å². The van der Waals surface area contributed by atoms with Crippen molar-refractivity contribution >= 4 is 11.0 Å². The molecule has 1 saturated carbocycles. The summed E-state index contributed by atoms with van der Waals surface area (Å²) in [5.41, 5.74) is 3.50. The van der Waals surface area contributed by atoms with E-state index in [0.717, 1.165) is 36.1 Å². The lowest BCUT2D eigenvalue weighted by molar-refractivity contribution is -0.930. The molecule has 0 saturated heterocycles. The number of H-pyrrole nitrogens is 1. The van der Waals surface area contributed by atoms with E-state index in [2.05, 4.69) is 57.8 Å². The molecule has 0 spiro atoms. The van der Waals surface area contributed by atoms with E-state index in [1.807, 2.05) is 0 Å². The van der Waals surface area contributed by atoms with E-state index in [1.165, 1.54) is 12.0 Å². The van der Waals surface area contributed by atoms with Gasteiger partial charge in [0.25, 0.3) is 0 Å². The standard InChI is InChI=1S/C20H31N3O/c1-14(2)23(24,16-7-6-8-16)12-11-19-21-17-10-9-15(20(3,4)5)13-18(17)22-19/h9-10,13-14,16H,6-8,11-12H2,1-5H3,(H,21,22). The summed E-state index contributed by atoms with van der Waals surface area (Å²) in [5, 5.41) is 13.3. The second kappa shape index (κ2) is 6.16. The van der Waals surface area contributed by atoms with Crippen LogP contribution >= 0.6 is 0 Å². The van der Waals surface area contributed by atoms with E-state index in [1.54, 1.807) is 0 Å². The number of nitrogens with zero attached hydrogens (tertiary/aromatic N) is 2. The van der Waals surface area contributed by atoms with Gasteiger partial charge in [0.15, 0.2) is 0 Å². The lowest BCUT2D eigenvalue weighted by atomic mass is 9.87. The van der Waals surface area contributed by atoms with Crippen molar-refractivity contribution in [3.8, 4) is 0 Å². The van der Waals surface area contributed by atoms with Gasteiger partial charge in [-0.15, -0.1) is 0 Å². The lowest BCUT2D eigenvalue weighted by Crippen LogP contribution is -2.58.